The molecule has 22 heavy (non-hydrogen) atoms. The van der Waals surface area contributed by atoms with E-state index in [4.69, 9.17) is 9.47 Å². The highest BCUT2D eigenvalue weighted by molar-refractivity contribution is 5.76. The van der Waals surface area contributed by atoms with Crippen molar-refractivity contribution in [3.63, 3.8) is 0 Å². The van der Waals surface area contributed by atoms with Crippen LogP contribution in [0.15, 0.2) is 24.3 Å². The first-order valence-electron chi connectivity index (χ1n) is 8.31. The van der Waals surface area contributed by atoms with Gasteiger partial charge < -0.3 is 14.4 Å². The molecule has 0 N–H and O–H groups in total. The Morgan fingerprint density at radius 3 is 2.50 bits per heavy atom. The summed E-state index contributed by atoms with van der Waals surface area (Å²) in [6.07, 6.45) is 6.50. The molecule has 4 nitrogen and oxygen atoms in total. The van der Waals surface area contributed by atoms with Gasteiger partial charge in [0.25, 0.3) is 0 Å². The van der Waals surface area contributed by atoms with Crippen LogP contribution in [-0.4, -0.2) is 37.1 Å². The van der Waals surface area contributed by atoms with Gasteiger partial charge in [0, 0.05) is 12.6 Å². The van der Waals surface area contributed by atoms with Crippen LogP contribution in [-0.2, 0) is 4.79 Å². The predicted molar refractivity (Wildman–Crippen MR) is 87.4 cm³/mol. The molecule has 1 saturated carbocycles. The van der Waals surface area contributed by atoms with Gasteiger partial charge in [-0.3, -0.25) is 4.79 Å². The van der Waals surface area contributed by atoms with Gasteiger partial charge in [-0.2, -0.15) is 0 Å². The third-order valence-corrected chi connectivity index (χ3v) is 4.32. The summed E-state index contributed by atoms with van der Waals surface area (Å²) in [4.78, 5) is 14.5. The zero-order chi connectivity index (χ0) is 15.8. The molecule has 0 heterocycles. The summed E-state index contributed by atoms with van der Waals surface area (Å²) in [7, 11) is 1.62. The van der Waals surface area contributed by atoms with Gasteiger partial charge in [0.15, 0.2) is 11.5 Å². The van der Waals surface area contributed by atoms with Gasteiger partial charge in [0.05, 0.1) is 20.1 Å². The highest BCUT2D eigenvalue weighted by atomic mass is 16.5. The number of rotatable bonds is 7. The fourth-order valence-corrected chi connectivity index (χ4v) is 3.16. The molecule has 2 rings (SSSR count). The van der Waals surface area contributed by atoms with E-state index in [1.54, 1.807) is 7.11 Å². The van der Waals surface area contributed by atoms with Crippen molar-refractivity contribution in [3.05, 3.63) is 24.3 Å². The van der Waals surface area contributed by atoms with Gasteiger partial charge in [-0.15, -0.1) is 0 Å². The zero-order valence-corrected chi connectivity index (χ0v) is 13.7. The molecule has 1 aliphatic rings. The fourth-order valence-electron chi connectivity index (χ4n) is 3.16. The molecule has 1 aromatic carbocycles. The summed E-state index contributed by atoms with van der Waals surface area (Å²) in [6.45, 7) is 3.24. The largest absolute Gasteiger partial charge is 0.493 e. The molecule has 1 aliphatic carbocycles. The quantitative estimate of drug-likeness (QED) is 0.772. The Morgan fingerprint density at radius 1 is 1.18 bits per heavy atom. The van der Waals surface area contributed by atoms with E-state index in [1.807, 2.05) is 29.2 Å². The summed E-state index contributed by atoms with van der Waals surface area (Å²) in [5, 5.41) is 0. The van der Waals surface area contributed by atoms with Crippen LogP contribution in [0.5, 0.6) is 11.5 Å². The molecule has 0 atom stereocenters. The summed E-state index contributed by atoms with van der Waals surface area (Å²) < 4.78 is 11.0. The van der Waals surface area contributed by atoms with Crippen LogP contribution in [0.25, 0.3) is 0 Å². The Bertz CT molecular complexity index is 469. The van der Waals surface area contributed by atoms with Gasteiger partial charge in [0.1, 0.15) is 0 Å². The molecule has 0 aromatic heterocycles. The molecule has 0 spiro atoms. The van der Waals surface area contributed by atoms with Crippen LogP contribution >= 0.6 is 0 Å². The lowest BCUT2D eigenvalue weighted by molar-refractivity contribution is -0.134. The van der Waals surface area contributed by atoms with Crippen LogP contribution in [0.3, 0.4) is 0 Å². The molecule has 0 aliphatic heterocycles. The number of nitrogens with zero attached hydrogens (tertiary/aromatic N) is 1. The maximum atomic E-state index is 12.4. The average Bonchev–Trinajstić information content (AvgIpc) is 2.57. The molecule has 0 bridgehead atoms. The average molecular weight is 305 g/mol. The number of hydrogen-bond donors (Lipinski definition) is 0. The zero-order valence-electron chi connectivity index (χ0n) is 13.7. The third kappa shape index (κ3) is 4.39. The van der Waals surface area contributed by atoms with E-state index in [9.17, 15) is 4.79 Å². The van der Waals surface area contributed by atoms with Gasteiger partial charge >= 0.3 is 0 Å². The van der Waals surface area contributed by atoms with Gasteiger partial charge in [-0.25, -0.2) is 0 Å². The van der Waals surface area contributed by atoms with Crippen molar-refractivity contribution in [3.8, 4) is 11.5 Å². The minimum atomic E-state index is 0.198. The van der Waals surface area contributed by atoms with Crippen molar-refractivity contribution in [2.75, 3.05) is 20.3 Å². The van der Waals surface area contributed by atoms with Crippen molar-refractivity contribution < 1.29 is 14.3 Å². The topological polar surface area (TPSA) is 38.8 Å². The highest BCUT2D eigenvalue weighted by Gasteiger charge is 2.23. The van der Waals surface area contributed by atoms with Gasteiger partial charge in [-0.1, -0.05) is 31.4 Å². The number of carbonyl (C=O) groups excluding carboxylic acids is 1. The lowest BCUT2D eigenvalue weighted by atomic mass is 9.94. The summed E-state index contributed by atoms with van der Waals surface area (Å²) in [5.41, 5.74) is 0. The second-order valence-corrected chi connectivity index (χ2v) is 5.72. The number of hydrogen-bond acceptors (Lipinski definition) is 3. The highest BCUT2D eigenvalue weighted by Crippen LogP contribution is 2.26. The van der Waals surface area contributed by atoms with Crippen molar-refractivity contribution in [2.24, 2.45) is 0 Å². The molecular weight excluding hydrogens is 278 g/mol. The first-order valence-corrected chi connectivity index (χ1v) is 8.31. The number of ether oxygens (including phenoxy) is 2. The SMILES string of the molecule is CCN(C(=O)CCOc1ccccc1OC)C1CCCCC1. The Morgan fingerprint density at radius 2 is 1.86 bits per heavy atom. The van der Waals surface area contributed by atoms with Gasteiger partial charge in [0.2, 0.25) is 5.91 Å². The minimum absolute atomic E-state index is 0.198. The molecular formula is C18H27NO3. The third-order valence-electron chi connectivity index (χ3n) is 4.32. The minimum Gasteiger partial charge on any atom is -0.493 e. The van der Waals surface area contributed by atoms with E-state index in [0.717, 1.165) is 19.4 Å². The summed E-state index contributed by atoms with van der Waals surface area (Å²) in [5.74, 6) is 1.59. The molecule has 1 aromatic rings. The van der Waals surface area contributed by atoms with Crippen molar-refractivity contribution in [1.82, 2.24) is 4.90 Å². The van der Waals surface area contributed by atoms with Crippen molar-refractivity contribution in [2.45, 2.75) is 51.5 Å². The van der Waals surface area contributed by atoms with Crippen LogP contribution in [0.2, 0.25) is 0 Å². The second kappa shape index (κ2) is 8.66. The molecule has 0 unspecified atom stereocenters. The van der Waals surface area contributed by atoms with Crippen molar-refractivity contribution in [1.29, 1.82) is 0 Å². The summed E-state index contributed by atoms with van der Waals surface area (Å²) >= 11 is 0. The van der Waals surface area contributed by atoms with E-state index >= 15 is 0 Å². The molecule has 4 heteroatoms. The van der Waals surface area contributed by atoms with Crippen LogP contribution in [0.4, 0.5) is 0 Å². The first-order chi connectivity index (χ1) is 10.8. The van der Waals surface area contributed by atoms with E-state index in [2.05, 4.69) is 6.92 Å². The lowest BCUT2D eigenvalue weighted by Gasteiger charge is -2.33. The number of benzene rings is 1. The molecule has 0 radical (unpaired) electrons. The standard InChI is InChI=1S/C18H27NO3/c1-3-19(15-9-5-4-6-10-15)18(20)13-14-22-17-12-8-7-11-16(17)21-2/h7-8,11-12,15H,3-6,9-10,13-14H2,1-2H3. The summed E-state index contributed by atoms with van der Waals surface area (Å²) in [6, 6.07) is 7.95. The number of carbonyl (C=O) groups is 1. The molecule has 1 amide bonds. The van der Waals surface area contributed by atoms with Crippen LogP contribution in [0, 0.1) is 0 Å². The lowest BCUT2D eigenvalue weighted by Crippen LogP contribution is -2.41. The molecule has 122 valence electrons. The molecule has 1 fully saturated rings. The van der Waals surface area contributed by atoms with Crippen molar-refractivity contribution >= 4 is 5.91 Å². The molecule has 0 saturated heterocycles. The second-order valence-electron chi connectivity index (χ2n) is 5.72. The Kier molecular flexibility index (Phi) is 6.56. The van der Waals surface area contributed by atoms with Crippen LogP contribution < -0.4 is 9.47 Å². The normalized spacial score (nSPS) is 15.4. The predicted octanol–water partition coefficient (Wildman–Crippen LogP) is 3.65. The van der Waals surface area contributed by atoms with E-state index in [0.29, 0.717) is 30.6 Å². The van der Waals surface area contributed by atoms with E-state index in [1.165, 1.54) is 19.3 Å². The maximum absolute atomic E-state index is 12.4. The van der Waals surface area contributed by atoms with E-state index in [-0.39, 0.29) is 5.91 Å². The smallest absolute Gasteiger partial charge is 0.226 e. The fraction of sp³-hybridized carbons (Fsp3) is 0.611. The van der Waals surface area contributed by atoms with E-state index < -0.39 is 0 Å². The Balaban J connectivity index is 1.83. The Hall–Kier alpha value is -1.71. The maximum Gasteiger partial charge on any atom is 0.226 e. The number of methoxy groups -OCH3 is 1. The van der Waals surface area contributed by atoms with Crippen LogP contribution in [0.1, 0.15) is 45.4 Å². The van der Waals surface area contributed by atoms with Gasteiger partial charge in [-0.05, 0) is 31.9 Å². The first kappa shape index (κ1) is 16.7. The Labute approximate surface area is 133 Å². The monoisotopic (exact) mass is 305 g/mol. The number of para-hydroxylation sites is 2. The number of amides is 1.